The van der Waals surface area contributed by atoms with Crippen molar-refractivity contribution in [3.8, 4) is 0 Å². The van der Waals surface area contributed by atoms with Crippen LogP contribution >= 0.6 is 31.9 Å². The van der Waals surface area contributed by atoms with Gasteiger partial charge in [0, 0.05) is 23.5 Å². The Morgan fingerprint density at radius 3 is 2.76 bits per heavy atom. The van der Waals surface area contributed by atoms with Gasteiger partial charge in [0.2, 0.25) is 0 Å². The van der Waals surface area contributed by atoms with Crippen molar-refractivity contribution in [1.82, 2.24) is 14.1 Å². The molecular formula is C15H15Br2N3O. The number of imidazole rings is 1. The molecule has 0 unspecified atom stereocenters. The summed E-state index contributed by atoms with van der Waals surface area (Å²) in [5, 5.41) is 1.04. The van der Waals surface area contributed by atoms with Gasteiger partial charge in [-0.2, -0.15) is 0 Å². The monoisotopic (exact) mass is 411 g/mol. The van der Waals surface area contributed by atoms with Gasteiger partial charge in [-0.3, -0.25) is 4.79 Å². The number of rotatable bonds is 3. The number of benzene rings is 1. The fourth-order valence-electron chi connectivity index (χ4n) is 2.64. The number of pyridine rings is 1. The SMILES string of the molecule is CCCCn1c(=O)c2nc(Br)n(C)c2c2cc(Br)ccc21. The number of hydrogen-bond donors (Lipinski definition) is 0. The van der Waals surface area contributed by atoms with E-state index in [2.05, 4.69) is 43.8 Å². The largest absolute Gasteiger partial charge is 0.321 e. The molecular weight excluding hydrogens is 398 g/mol. The Morgan fingerprint density at radius 1 is 1.29 bits per heavy atom. The zero-order valence-corrected chi connectivity index (χ0v) is 15.0. The Kier molecular flexibility index (Phi) is 3.92. The number of halogens is 2. The summed E-state index contributed by atoms with van der Waals surface area (Å²) in [4.78, 5) is 17.1. The summed E-state index contributed by atoms with van der Waals surface area (Å²) in [6.45, 7) is 2.84. The highest BCUT2D eigenvalue weighted by Gasteiger charge is 2.16. The van der Waals surface area contributed by atoms with Gasteiger partial charge in [-0.05, 0) is 40.5 Å². The van der Waals surface area contributed by atoms with Gasteiger partial charge in [0.1, 0.15) is 0 Å². The summed E-state index contributed by atoms with van der Waals surface area (Å²) in [6, 6.07) is 6.02. The minimum Gasteiger partial charge on any atom is -0.321 e. The van der Waals surface area contributed by atoms with Crippen LogP contribution in [0.2, 0.25) is 0 Å². The number of aromatic nitrogens is 3. The topological polar surface area (TPSA) is 39.8 Å². The Labute approximate surface area is 139 Å². The molecule has 2 heterocycles. The lowest BCUT2D eigenvalue weighted by Crippen LogP contribution is -2.21. The lowest BCUT2D eigenvalue weighted by atomic mass is 10.1. The van der Waals surface area contributed by atoms with Gasteiger partial charge in [0.15, 0.2) is 10.3 Å². The molecule has 0 saturated carbocycles. The predicted octanol–water partition coefficient (Wildman–Crippen LogP) is 4.21. The maximum Gasteiger partial charge on any atom is 0.279 e. The van der Waals surface area contributed by atoms with Crippen LogP contribution < -0.4 is 5.56 Å². The molecule has 1 aromatic carbocycles. The Bertz CT molecular complexity index is 895. The molecule has 0 radical (unpaired) electrons. The van der Waals surface area contributed by atoms with Gasteiger partial charge >= 0.3 is 0 Å². The van der Waals surface area contributed by atoms with E-state index in [-0.39, 0.29) is 5.56 Å². The normalized spacial score (nSPS) is 11.6. The summed E-state index contributed by atoms with van der Waals surface area (Å²) in [5.74, 6) is 0. The van der Waals surface area contributed by atoms with Crippen molar-refractivity contribution < 1.29 is 0 Å². The highest BCUT2D eigenvalue weighted by atomic mass is 79.9. The Morgan fingerprint density at radius 2 is 2.05 bits per heavy atom. The van der Waals surface area contributed by atoms with Crippen LogP contribution in [0.25, 0.3) is 21.9 Å². The van der Waals surface area contributed by atoms with Crippen molar-refractivity contribution in [3.63, 3.8) is 0 Å². The second kappa shape index (κ2) is 5.57. The van der Waals surface area contributed by atoms with Gasteiger partial charge in [-0.25, -0.2) is 4.98 Å². The molecule has 6 heteroatoms. The lowest BCUT2D eigenvalue weighted by Gasteiger charge is -2.11. The average Bonchev–Trinajstić information content (AvgIpc) is 2.76. The summed E-state index contributed by atoms with van der Waals surface area (Å²) in [5.41, 5.74) is 2.33. The minimum atomic E-state index is -0.0189. The summed E-state index contributed by atoms with van der Waals surface area (Å²) in [6.07, 6.45) is 2.03. The number of aryl methyl sites for hydroxylation is 2. The van der Waals surface area contributed by atoms with Gasteiger partial charge in [-0.15, -0.1) is 0 Å². The number of fused-ring (bicyclic) bond motifs is 3. The molecule has 0 N–H and O–H groups in total. The zero-order chi connectivity index (χ0) is 15.1. The van der Waals surface area contributed by atoms with Crippen LogP contribution in [0.15, 0.2) is 32.2 Å². The van der Waals surface area contributed by atoms with Crippen molar-refractivity contribution in [2.45, 2.75) is 26.3 Å². The molecule has 0 aliphatic carbocycles. The van der Waals surface area contributed by atoms with Gasteiger partial charge in [-0.1, -0.05) is 29.3 Å². The highest BCUT2D eigenvalue weighted by Crippen LogP contribution is 2.27. The van der Waals surface area contributed by atoms with E-state index in [1.54, 1.807) is 0 Å². The second-order valence-corrected chi connectivity index (χ2v) is 6.73. The van der Waals surface area contributed by atoms with Crippen LogP contribution in [-0.2, 0) is 13.6 Å². The Balaban J connectivity index is 2.50. The van der Waals surface area contributed by atoms with Crippen LogP contribution in [0.1, 0.15) is 19.8 Å². The summed E-state index contributed by atoms with van der Waals surface area (Å²) < 4.78 is 5.42. The second-order valence-electron chi connectivity index (χ2n) is 5.11. The van der Waals surface area contributed by atoms with Crippen molar-refractivity contribution in [2.75, 3.05) is 0 Å². The first-order valence-electron chi connectivity index (χ1n) is 6.88. The van der Waals surface area contributed by atoms with E-state index in [1.807, 2.05) is 34.4 Å². The summed E-state index contributed by atoms with van der Waals surface area (Å²) >= 11 is 6.93. The van der Waals surface area contributed by atoms with E-state index in [1.165, 1.54) is 0 Å². The smallest absolute Gasteiger partial charge is 0.279 e. The fraction of sp³-hybridized carbons (Fsp3) is 0.333. The van der Waals surface area contributed by atoms with Crippen molar-refractivity contribution in [3.05, 3.63) is 37.8 Å². The first kappa shape index (κ1) is 14.8. The van der Waals surface area contributed by atoms with Crippen LogP contribution in [0, 0.1) is 0 Å². The van der Waals surface area contributed by atoms with Crippen LogP contribution in [0.5, 0.6) is 0 Å². The first-order chi connectivity index (χ1) is 10.0. The summed E-state index contributed by atoms with van der Waals surface area (Å²) in [7, 11) is 1.91. The zero-order valence-electron chi connectivity index (χ0n) is 11.9. The standard InChI is InChI=1S/C15H15Br2N3O/c1-3-4-7-20-11-6-5-9(16)8-10(11)13-12(14(20)21)18-15(17)19(13)2/h5-6,8H,3-4,7H2,1-2H3. The fourth-order valence-corrected chi connectivity index (χ4v) is 3.35. The van der Waals surface area contributed by atoms with E-state index in [4.69, 9.17) is 0 Å². The average molecular weight is 413 g/mol. The number of unbranched alkanes of at least 4 members (excludes halogenated alkanes) is 1. The van der Waals surface area contributed by atoms with Crippen molar-refractivity contribution >= 4 is 53.8 Å². The molecule has 0 spiro atoms. The minimum absolute atomic E-state index is 0.0189. The third-order valence-electron chi connectivity index (χ3n) is 3.73. The molecule has 0 atom stereocenters. The third kappa shape index (κ3) is 2.34. The van der Waals surface area contributed by atoms with E-state index >= 15 is 0 Å². The highest BCUT2D eigenvalue weighted by molar-refractivity contribution is 9.10. The molecule has 0 fully saturated rings. The van der Waals surface area contributed by atoms with E-state index < -0.39 is 0 Å². The predicted molar refractivity (Wildman–Crippen MR) is 92.8 cm³/mol. The molecule has 0 aliphatic rings. The van der Waals surface area contributed by atoms with Crippen LogP contribution in [-0.4, -0.2) is 14.1 Å². The molecule has 4 nitrogen and oxygen atoms in total. The molecule has 3 rings (SSSR count). The lowest BCUT2D eigenvalue weighted by molar-refractivity contribution is 0.634. The Hall–Kier alpha value is -1.14. The van der Waals surface area contributed by atoms with Gasteiger partial charge in [0.25, 0.3) is 5.56 Å². The molecule has 0 saturated heterocycles. The van der Waals surface area contributed by atoms with Crippen LogP contribution in [0.4, 0.5) is 0 Å². The molecule has 110 valence electrons. The van der Waals surface area contributed by atoms with E-state index in [0.717, 1.165) is 40.3 Å². The molecule has 2 aromatic heterocycles. The molecule has 0 bridgehead atoms. The maximum atomic E-state index is 12.8. The van der Waals surface area contributed by atoms with Crippen LogP contribution in [0.3, 0.4) is 0 Å². The van der Waals surface area contributed by atoms with Gasteiger partial charge in [0.05, 0.1) is 11.0 Å². The number of hydrogen-bond acceptors (Lipinski definition) is 2. The first-order valence-corrected chi connectivity index (χ1v) is 8.47. The molecule has 21 heavy (non-hydrogen) atoms. The maximum absolute atomic E-state index is 12.8. The van der Waals surface area contributed by atoms with Crippen molar-refractivity contribution in [1.29, 1.82) is 0 Å². The van der Waals surface area contributed by atoms with E-state index in [9.17, 15) is 4.79 Å². The third-order valence-corrected chi connectivity index (χ3v) is 4.93. The van der Waals surface area contributed by atoms with Gasteiger partial charge < -0.3 is 9.13 Å². The molecule has 3 aromatic rings. The number of nitrogens with zero attached hydrogens (tertiary/aromatic N) is 3. The molecule has 0 aliphatic heterocycles. The van der Waals surface area contributed by atoms with E-state index in [0.29, 0.717) is 10.3 Å². The molecule has 0 amide bonds. The van der Waals surface area contributed by atoms with Crippen molar-refractivity contribution in [2.24, 2.45) is 7.05 Å². The quantitative estimate of drug-likeness (QED) is 0.646.